The van der Waals surface area contributed by atoms with Gasteiger partial charge in [-0.3, -0.25) is 4.79 Å². The van der Waals surface area contributed by atoms with Crippen LogP contribution in [0.3, 0.4) is 0 Å². The maximum absolute atomic E-state index is 11.7. The standard InChI is InChI=1S/C15H22N2O3/c1-2-3-8-13(16)14(18)17-10-9-11-6-4-5-7-12(11)15(19)20/h4-7,13H,2-3,8-10,16H2,1H3,(H,17,18)(H,19,20)/t13-/m0/s1. The summed E-state index contributed by atoms with van der Waals surface area (Å²) in [6.45, 7) is 2.44. The first-order valence-corrected chi connectivity index (χ1v) is 6.90. The lowest BCUT2D eigenvalue weighted by atomic mass is 10.0. The molecule has 1 rings (SSSR count). The fourth-order valence-corrected chi connectivity index (χ4v) is 1.95. The van der Waals surface area contributed by atoms with Gasteiger partial charge >= 0.3 is 5.97 Å². The maximum Gasteiger partial charge on any atom is 0.335 e. The molecule has 20 heavy (non-hydrogen) atoms. The molecule has 5 heteroatoms. The Morgan fingerprint density at radius 1 is 1.35 bits per heavy atom. The molecule has 0 unspecified atom stereocenters. The Labute approximate surface area is 119 Å². The molecule has 0 saturated heterocycles. The van der Waals surface area contributed by atoms with E-state index < -0.39 is 12.0 Å². The number of aromatic carboxylic acids is 1. The molecule has 5 nitrogen and oxygen atoms in total. The summed E-state index contributed by atoms with van der Waals surface area (Å²) in [5, 5.41) is 11.8. The molecule has 0 aliphatic carbocycles. The van der Waals surface area contributed by atoms with Crippen LogP contribution in [0.2, 0.25) is 0 Å². The molecule has 0 fully saturated rings. The van der Waals surface area contributed by atoms with E-state index in [-0.39, 0.29) is 11.5 Å². The quantitative estimate of drug-likeness (QED) is 0.673. The van der Waals surface area contributed by atoms with E-state index in [2.05, 4.69) is 5.32 Å². The fraction of sp³-hybridized carbons (Fsp3) is 0.467. The topological polar surface area (TPSA) is 92.4 Å². The normalized spacial score (nSPS) is 11.9. The molecular weight excluding hydrogens is 256 g/mol. The Kier molecular flexibility index (Phi) is 6.73. The summed E-state index contributed by atoms with van der Waals surface area (Å²) in [5.74, 6) is -1.13. The minimum absolute atomic E-state index is 0.175. The van der Waals surface area contributed by atoms with Crippen LogP contribution < -0.4 is 11.1 Å². The van der Waals surface area contributed by atoms with Gasteiger partial charge in [0.1, 0.15) is 0 Å². The predicted octanol–water partition coefficient (Wildman–Crippen LogP) is 1.56. The van der Waals surface area contributed by atoms with Gasteiger partial charge in [-0.15, -0.1) is 0 Å². The number of amides is 1. The van der Waals surface area contributed by atoms with Crippen molar-refractivity contribution in [1.29, 1.82) is 0 Å². The fourth-order valence-electron chi connectivity index (χ4n) is 1.95. The lowest BCUT2D eigenvalue weighted by Gasteiger charge is -2.12. The number of hydrogen-bond acceptors (Lipinski definition) is 3. The SMILES string of the molecule is CCCC[C@H](N)C(=O)NCCc1ccccc1C(=O)O. The second kappa shape index (κ2) is 8.32. The molecule has 0 bridgehead atoms. The third-order valence-corrected chi connectivity index (χ3v) is 3.15. The first-order valence-electron chi connectivity index (χ1n) is 6.90. The summed E-state index contributed by atoms with van der Waals surface area (Å²) in [7, 11) is 0. The monoisotopic (exact) mass is 278 g/mol. The molecule has 0 aromatic heterocycles. The van der Waals surface area contributed by atoms with Gasteiger partial charge in [0.15, 0.2) is 0 Å². The zero-order chi connectivity index (χ0) is 15.0. The first-order chi connectivity index (χ1) is 9.56. The third kappa shape index (κ3) is 5.01. The molecule has 1 aromatic carbocycles. The van der Waals surface area contributed by atoms with Crippen molar-refractivity contribution in [3.05, 3.63) is 35.4 Å². The van der Waals surface area contributed by atoms with Crippen molar-refractivity contribution in [2.75, 3.05) is 6.54 Å². The van der Waals surface area contributed by atoms with Crippen LogP contribution in [0.1, 0.15) is 42.1 Å². The summed E-state index contributed by atoms with van der Waals surface area (Å²) in [4.78, 5) is 22.7. The minimum atomic E-state index is -0.952. The van der Waals surface area contributed by atoms with Crippen molar-refractivity contribution in [3.8, 4) is 0 Å². The van der Waals surface area contributed by atoms with Gasteiger partial charge in [-0.05, 0) is 24.5 Å². The van der Waals surface area contributed by atoms with Gasteiger partial charge in [0, 0.05) is 6.54 Å². The zero-order valence-electron chi connectivity index (χ0n) is 11.8. The Balaban J connectivity index is 2.45. The molecule has 0 saturated carbocycles. The van der Waals surface area contributed by atoms with Crippen LogP contribution in [0.25, 0.3) is 0 Å². The van der Waals surface area contributed by atoms with Crippen molar-refractivity contribution in [3.63, 3.8) is 0 Å². The highest BCUT2D eigenvalue weighted by Gasteiger charge is 2.13. The van der Waals surface area contributed by atoms with Gasteiger partial charge in [0.05, 0.1) is 11.6 Å². The molecule has 4 N–H and O–H groups in total. The number of nitrogens with two attached hydrogens (primary N) is 1. The summed E-state index contributed by atoms with van der Waals surface area (Å²) in [5.41, 5.74) is 6.74. The van der Waals surface area contributed by atoms with E-state index in [0.717, 1.165) is 12.8 Å². The van der Waals surface area contributed by atoms with E-state index >= 15 is 0 Å². The molecule has 1 amide bonds. The number of nitrogens with one attached hydrogen (secondary N) is 1. The number of benzene rings is 1. The smallest absolute Gasteiger partial charge is 0.335 e. The van der Waals surface area contributed by atoms with Gasteiger partial charge in [0.25, 0.3) is 0 Å². The van der Waals surface area contributed by atoms with Crippen LogP contribution in [0.4, 0.5) is 0 Å². The van der Waals surface area contributed by atoms with Crippen LogP contribution in [0.5, 0.6) is 0 Å². The zero-order valence-corrected chi connectivity index (χ0v) is 11.8. The van der Waals surface area contributed by atoms with Crippen molar-refractivity contribution in [2.45, 2.75) is 38.6 Å². The van der Waals surface area contributed by atoms with E-state index in [1.165, 1.54) is 0 Å². The number of carboxylic acids is 1. The second-order valence-electron chi connectivity index (χ2n) is 4.75. The highest BCUT2D eigenvalue weighted by atomic mass is 16.4. The summed E-state index contributed by atoms with van der Waals surface area (Å²) in [6, 6.07) is 6.31. The lowest BCUT2D eigenvalue weighted by Crippen LogP contribution is -2.41. The summed E-state index contributed by atoms with van der Waals surface area (Å²) in [6.07, 6.45) is 3.09. The number of rotatable bonds is 8. The average molecular weight is 278 g/mol. The van der Waals surface area contributed by atoms with Crippen molar-refractivity contribution in [2.24, 2.45) is 5.73 Å². The van der Waals surface area contributed by atoms with Crippen LogP contribution in [0, 0.1) is 0 Å². The van der Waals surface area contributed by atoms with Gasteiger partial charge in [-0.25, -0.2) is 4.79 Å². The number of hydrogen-bond donors (Lipinski definition) is 3. The second-order valence-corrected chi connectivity index (χ2v) is 4.75. The molecule has 0 heterocycles. The van der Waals surface area contributed by atoms with E-state index in [1.807, 2.05) is 6.92 Å². The molecule has 0 spiro atoms. The van der Waals surface area contributed by atoms with Gasteiger partial charge < -0.3 is 16.2 Å². The largest absolute Gasteiger partial charge is 0.478 e. The van der Waals surface area contributed by atoms with E-state index in [4.69, 9.17) is 10.8 Å². The molecule has 0 aliphatic rings. The minimum Gasteiger partial charge on any atom is -0.478 e. The number of carbonyl (C=O) groups excluding carboxylic acids is 1. The third-order valence-electron chi connectivity index (χ3n) is 3.15. The molecule has 0 radical (unpaired) electrons. The summed E-state index contributed by atoms with van der Waals surface area (Å²) >= 11 is 0. The molecular formula is C15H22N2O3. The number of carbonyl (C=O) groups is 2. The van der Waals surface area contributed by atoms with Gasteiger partial charge in [-0.2, -0.15) is 0 Å². The molecule has 110 valence electrons. The molecule has 1 aromatic rings. The van der Waals surface area contributed by atoms with Gasteiger partial charge in [0.2, 0.25) is 5.91 Å². The molecule has 1 atom stereocenters. The Morgan fingerprint density at radius 2 is 2.05 bits per heavy atom. The van der Waals surface area contributed by atoms with Crippen LogP contribution >= 0.6 is 0 Å². The Hall–Kier alpha value is -1.88. The molecule has 0 aliphatic heterocycles. The number of unbranched alkanes of at least 4 members (excludes halogenated alkanes) is 1. The number of carboxylic acid groups (broad SMARTS) is 1. The first kappa shape index (κ1) is 16.2. The highest BCUT2D eigenvalue weighted by molar-refractivity contribution is 5.89. The van der Waals surface area contributed by atoms with Crippen LogP contribution in [0.15, 0.2) is 24.3 Å². The maximum atomic E-state index is 11.7. The van der Waals surface area contributed by atoms with Crippen molar-refractivity contribution < 1.29 is 14.7 Å². The lowest BCUT2D eigenvalue weighted by molar-refractivity contribution is -0.122. The van der Waals surface area contributed by atoms with E-state index in [0.29, 0.717) is 24.9 Å². The summed E-state index contributed by atoms with van der Waals surface area (Å²) < 4.78 is 0. The van der Waals surface area contributed by atoms with E-state index in [1.54, 1.807) is 24.3 Å². The van der Waals surface area contributed by atoms with Crippen molar-refractivity contribution in [1.82, 2.24) is 5.32 Å². The van der Waals surface area contributed by atoms with Gasteiger partial charge in [-0.1, -0.05) is 38.0 Å². The Bertz CT molecular complexity index is 460. The Morgan fingerprint density at radius 3 is 2.70 bits per heavy atom. The average Bonchev–Trinajstić information content (AvgIpc) is 2.44. The predicted molar refractivity (Wildman–Crippen MR) is 77.6 cm³/mol. The van der Waals surface area contributed by atoms with E-state index in [9.17, 15) is 9.59 Å². The van der Waals surface area contributed by atoms with Crippen molar-refractivity contribution >= 4 is 11.9 Å². The van der Waals surface area contributed by atoms with Crippen LogP contribution in [-0.2, 0) is 11.2 Å². The van der Waals surface area contributed by atoms with Crippen LogP contribution in [-0.4, -0.2) is 29.6 Å². The highest BCUT2D eigenvalue weighted by Crippen LogP contribution is 2.09.